The molecule has 1 fully saturated rings. The van der Waals surface area contributed by atoms with E-state index in [0.717, 1.165) is 5.31 Å². The van der Waals surface area contributed by atoms with Crippen molar-refractivity contribution < 1.29 is 5.52 Å². The number of nitrogens with one attached hydrogen (secondary N) is 1. The van der Waals surface area contributed by atoms with Crippen LogP contribution in [-0.2, 0) is 0 Å². The molecule has 0 spiro atoms. The second kappa shape index (κ2) is 2.28. The van der Waals surface area contributed by atoms with Gasteiger partial charge in [0.25, 0.3) is 0 Å². The Morgan fingerprint density at radius 1 is 2.00 bits per heavy atom. The van der Waals surface area contributed by atoms with E-state index in [1.807, 2.05) is 0 Å². The molecule has 0 bridgehead atoms. The quantitative estimate of drug-likeness (QED) is 0.442. The molecule has 0 aromatic heterocycles. The van der Waals surface area contributed by atoms with Crippen LogP contribution in [-0.4, -0.2) is 19.1 Å². The molecule has 42 valence electrons. The topological polar surface area (TPSA) is 38.0 Å². The van der Waals surface area contributed by atoms with Gasteiger partial charge in [-0.05, 0) is 25.9 Å². The van der Waals surface area contributed by atoms with Gasteiger partial charge in [-0.2, -0.15) is 0 Å². The SMILES string of the molecule is [2H]C1C(N)CCN([2H])C1([2H])[2H]. The fraction of sp³-hybridized carbons (Fsp3) is 1.00. The number of hydrogen-bond donors (Lipinski definition) is 2. The Morgan fingerprint density at radius 3 is 3.57 bits per heavy atom. The first-order chi connectivity index (χ1) is 4.96. The zero-order valence-corrected chi connectivity index (χ0v) is 4.09. The van der Waals surface area contributed by atoms with Crippen LogP contribution in [0.15, 0.2) is 0 Å². The van der Waals surface area contributed by atoms with E-state index in [1.165, 1.54) is 0 Å². The van der Waals surface area contributed by atoms with E-state index in [2.05, 4.69) is 0 Å². The maximum absolute atomic E-state index is 7.35. The first-order valence-electron chi connectivity index (χ1n) is 4.43. The third-order valence-corrected chi connectivity index (χ3v) is 0.954. The molecule has 1 aliphatic rings. The summed E-state index contributed by atoms with van der Waals surface area (Å²) in [6, 6.07) is -0.438. The van der Waals surface area contributed by atoms with Crippen molar-refractivity contribution in [1.82, 2.24) is 5.31 Å². The molecule has 2 heteroatoms. The maximum Gasteiger partial charge on any atom is 0.122 e. The van der Waals surface area contributed by atoms with Gasteiger partial charge in [-0.15, -0.1) is 0 Å². The number of hydrogen-bond acceptors (Lipinski definition) is 2. The number of piperidine rings is 1. The first kappa shape index (κ1) is 2.03. The lowest BCUT2D eigenvalue weighted by atomic mass is 10.1. The van der Waals surface area contributed by atoms with Crippen LogP contribution in [0.3, 0.4) is 0 Å². The predicted octanol–water partition coefficient (Wildman–Crippen LogP) is -0.303. The fourth-order valence-corrected chi connectivity index (χ4v) is 0.510. The van der Waals surface area contributed by atoms with Crippen molar-refractivity contribution in [2.24, 2.45) is 5.73 Å². The lowest BCUT2D eigenvalue weighted by Crippen LogP contribution is -2.35. The van der Waals surface area contributed by atoms with Crippen LogP contribution in [0.1, 0.15) is 16.9 Å². The predicted molar refractivity (Wildman–Crippen MR) is 30.1 cm³/mol. The van der Waals surface area contributed by atoms with Crippen LogP contribution in [0.4, 0.5) is 0 Å². The molecule has 0 amide bonds. The average Bonchev–Trinajstić information content (AvgIpc) is 1.95. The summed E-state index contributed by atoms with van der Waals surface area (Å²) >= 11 is 0. The minimum absolute atomic E-state index is 0.309. The van der Waals surface area contributed by atoms with E-state index in [-0.39, 0.29) is 0 Å². The molecule has 0 radical (unpaired) electrons. The summed E-state index contributed by atoms with van der Waals surface area (Å²) in [4.78, 5) is 0. The summed E-state index contributed by atoms with van der Waals surface area (Å²) in [6.45, 7) is -1.58. The molecular weight excluding hydrogens is 88.1 g/mol. The third-order valence-electron chi connectivity index (χ3n) is 0.954. The lowest BCUT2D eigenvalue weighted by Gasteiger charge is -2.17. The van der Waals surface area contributed by atoms with Gasteiger partial charge in [0.1, 0.15) is 1.41 Å². The molecule has 1 heterocycles. The van der Waals surface area contributed by atoms with Gasteiger partial charge >= 0.3 is 0 Å². The number of nitrogens with two attached hydrogens (primary N) is 1. The highest BCUT2D eigenvalue weighted by Gasteiger charge is 2.05. The van der Waals surface area contributed by atoms with Gasteiger partial charge in [-0.25, -0.2) is 0 Å². The minimum Gasteiger partial charge on any atom is -0.328 e. The van der Waals surface area contributed by atoms with Crippen LogP contribution >= 0.6 is 0 Å². The normalized spacial score (nSPS) is 61.9. The minimum atomic E-state index is -1.89. The van der Waals surface area contributed by atoms with E-state index in [9.17, 15) is 0 Å². The van der Waals surface area contributed by atoms with Crippen molar-refractivity contribution in [3.63, 3.8) is 0 Å². The zero-order valence-electron chi connectivity index (χ0n) is 8.09. The zero-order chi connectivity index (χ0) is 8.65. The average molecular weight is 104 g/mol. The molecule has 2 unspecified atom stereocenters. The first-order valence-corrected chi connectivity index (χ1v) is 2.40. The van der Waals surface area contributed by atoms with Gasteiger partial charge in [0.05, 0.1) is 0 Å². The highest BCUT2D eigenvalue weighted by molar-refractivity contribution is 4.69. The fourth-order valence-electron chi connectivity index (χ4n) is 0.510. The molecule has 1 saturated heterocycles. The van der Waals surface area contributed by atoms with Crippen LogP contribution in [0, 0.1) is 0 Å². The summed E-state index contributed by atoms with van der Waals surface area (Å²) in [7, 11) is 0. The molecule has 7 heavy (non-hydrogen) atoms. The van der Waals surface area contributed by atoms with Crippen molar-refractivity contribution in [2.45, 2.75) is 18.9 Å². The van der Waals surface area contributed by atoms with Crippen molar-refractivity contribution in [2.75, 3.05) is 13.0 Å². The molecule has 1 aliphatic heterocycles. The highest BCUT2D eigenvalue weighted by Crippen LogP contribution is 1.96. The van der Waals surface area contributed by atoms with E-state index in [1.54, 1.807) is 0 Å². The monoisotopic (exact) mass is 104 g/mol. The van der Waals surface area contributed by atoms with E-state index in [0.29, 0.717) is 13.0 Å². The Balaban J connectivity index is 2.72. The molecular formula is C5H12N2. The summed E-state index contributed by atoms with van der Waals surface area (Å²) < 4.78 is 29.1. The Hall–Kier alpha value is -0.0800. The Morgan fingerprint density at radius 2 is 2.86 bits per heavy atom. The van der Waals surface area contributed by atoms with Gasteiger partial charge in [-0.3, -0.25) is 0 Å². The van der Waals surface area contributed by atoms with Crippen LogP contribution in [0.5, 0.6) is 0 Å². The van der Waals surface area contributed by atoms with Gasteiger partial charge in [0, 0.05) is 10.2 Å². The Labute approximate surface area is 49.8 Å². The molecule has 0 aliphatic carbocycles. The van der Waals surface area contributed by atoms with Crippen LogP contribution in [0.2, 0.25) is 1.41 Å². The molecule has 0 aromatic rings. The Bertz CT molecular complexity index is 151. The smallest absolute Gasteiger partial charge is 0.122 e. The maximum atomic E-state index is 7.35. The van der Waals surface area contributed by atoms with Gasteiger partial charge in [0.15, 0.2) is 0 Å². The molecule has 3 N–H and O–H groups in total. The van der Waals surface area contributed by atoms with Crippen molar-refractivity contribution >= 4 is 0 Å². The summed E-state index contributed by atoms with van der Waals surface area (Å²) in [5.74, 6) is 0. The van der Waals surface area contributed by atoms with E-state index in [4.69, 9.17) is 11.3 Å². The van der Waals surface area contributed by atoms with Gasteiger partial charge < -0.3 is 11.0 Å². The van der Waals surface area contributed by atoms with Crippen LogP contribution < -0.4 is 11.0 Å². The van der Waals surface area contributed by atoms with Crippen molar-refractivity contribution in [1.29, 1.82) is 0 Å². The second-order valence-corrected chi connectivity index (χ2v) is 1.63. The van der Waals surface area contributed by atoms with E-state index >= 15 is 0 Å². The molecule has 2 nitrogen and oxygen atoms in total. The molecule has 1 rings (SSSR count). The molecule has 0 saturated carbocycles. The summed E-state index contributed by atoms with van der Waals surface area (Å²) in [5.41, 5.74) is 5.48. The van der Waals surface area contributed by atoms with E-state index < -0.39 is 18.9 Å². The van der Waals surface area contributed by atoms with Crippen molar-refractivity contribution in [3.8, 4) is 0 Å². The highest BCUT2D eigenvalue weighted by atomic mass is 14.9. The van der Waals surface area contributed by atoms with Crippen molar-refractivity contribution in [3.05, 3.63) is 0 Å². The molecule has 2 atom stereocenters. The largest absolute Gasteiger partial charge is 0.328 e. The summed E-state index contributed by atoms with van der Waals surface area (Å²) in [5, 5.41) is 0.800. The third kappa shape index (κ3) is 1.45. The Kier molecular flexibility index (Phi) is 0.664. The number of rotatable bonds is 0. The van der Waals surface area contributed by atoms with Crippen LogP contribution in [0.25, 0.3) is 0 Å². The van der Waals surface area contributed by atoms with Gasteiger partial charge in [-0.1, -0.05) is 0 Å². The molecule has 0 aromatic carbocycles. The van der Waals surface area contributed by atoms with Gasteiger partial charge in [0.2, 0.25) is 0 Å². The lowest BCUT2D eigenvalue weighted by molar-refractivity contribution is 0.458. The second-order valence-electron chi connectivity index (χ2n) is 1.63. The standard InChI is InChI=1S/C5H12N2/c6-5-1-3-7-4-2-5/h5,7H,1-4,6H2/i1D,3D2/hD. The summed E-state index contributed by atoms with van der Waals surface area (Å²) in [6.07, 6.45) is -0.481.